The molecular formula is C24H26N8O2S. The van der Waals surface area contributed by atoms with Crippen molar-refractivity contribution in [2.45, 2.75) is 32.9 Å². The number of ether oxygens (including phenoxy) is 1. The molecule has 11 heteroatoms. The molecule has 10 nitrogen and oxygen atoms in total. The first kappa shape index (κ1) is 24.2. The molecular weight excluding hydrogens is 464 g/mol. The summed E-state index contributed by atoms with van der Waals surface area (Å²) in [5.41, 5.74) is 8.37. The summed E-state index contributed by atoms with van der Waals surface area (Å²) in [6, 6.07) is 10.9. The van der Waals surface area contributed by atoms with Gasteiger partial charge in [-0.2, -0.15) is 5.10 Å². The Bertz CT molecular complexity index is 1360. The van der Waals surface area contributed by atoms with Gasteiger partial charge in [0.05, 0.1) is 24.6 Å². The van der Waals surface area contributed by atoms with Gasteiger partial charge < -0.3 is 21.1 Å². The molecule has 0 aliphatic carbocycles. The van der Waals surface area contributed by atoms with Gasteiger partial charge in [0.2, 0.25) is 0 Å². The number of esters is 1. The lowest BCUT2D eigenvalue weighted by molar-refractivity contribution is -0.139. The fraction of sp³-hybridized carbons (Fsp3) is 0.250. The zero-order chi connectivity index (χ0) is 25.0. The first-order chi connectivity index (χ1) is 16.7. The summed E-state index contributed by atoms with van der Waals surface area (Å²) < 4.78 is 7.10. The van der Waals surface area contributed by atoms with Gasteiger partial charge in [0, 0.05) is 18.3 Å². The topological polar surface area (TPSA) is 133 Å². The number of fused-ring (bicyclic) bond motifs is 1. The Kier molecular flexibility index (Phi) is 6.99. The van der Waals surface area contributed by atoms with Crippen LogP contribution in [0.25, 0.3) is 22.4 Å². The first-order valence-corrected chi connectivity index (χ1v) is 11.4. The maximum absolute atomic E-state index is 11.9. The monoisotopic (exact) mass is 490 g/mol. The van der Waals surface area contributed by atoms with Crippen LogP contribution in [-0.2, 0) is 11.3 Å². The molecule has 0 unspecified atom stereocenters. The van der Waals surface area contributed by atoms with E-state index in [0.717, 1.165) is 17.7 Å². The lowest BCUT2D eigenvalue weighted by Gasteiger charge is -2.16. The molecule has 1 aromatic carbocycles. The average Bonchev–Trinajstić information content (AvgIpc) is 3.28. The van der Waals surface area contributed by atoms with Crippen molar-refractivity contribution in [3.8, 4) is 17.0 Å². The molecule has 4 N–H and O–H groups in total. The summed E-state index contributed by atoms with van der Waals surface area (Å²) in [5.74, 6) is 0.545. The summed E-state index contributed by atoms with van der Waals surface area (Å²) in [6.45, 7) is 6.43. The number of pyridine rings is 1. The van der Waals surface area contributed by atoms with Gasteiger partial charge in [-0.1, -0.05) is 12.1 Å². The second kappa shape index (κ2) is 10.1. The molecule has 0 atom stereocenters. The van der Waals surface area contributed by atoms with Crippen LogP contribution >= 0.6 is 12.2 Å². The van der Waals surface area contributed by atoms with Crippen LogP contribution in [0.15, 0.2) is 55.0 Å². The number of nitrogens with two attached hydrogens (primary N) is 1. The summed E-state index contributed by atoms with van der Waals surface area (Å²) in [6.07, 6.45) is 5.32. The Hall–Kier alpha value is -3.96. The predicted octanol–water partition coefficient (Wildman–Crippen LogP) is 2.89. The summed E-state index contributed by atoms with van der Waals surface area (Å²) in [5, 5.41) is 11.0. The zero-order valence-electron chi connectivity index (χ0n) is 19.6. The third-order valence-corrected chi connectivity index (χ3v) is 5.17. The molecule has 0 aliphatic rings. The Balaban J connectivity index is 1.46. The number of carbonyl (C=O) groups excluding carboxylic acids is 1. The second-order valence-electron chi connectivity index (χ2n) is 8.46. The van der Waals surface area contributed by atoms with E-state index < -0.39 is 11.5 Å². The van der Waals surface area contributed by atoms with Crippen molar-refractivity contribution in [1.29, 1.82) is 0 Å². The van der Waals surface area contributed by atoms with Crippen molar-refractivity contribution in [1.82, 2.24) is 30.0 Å². The molecule has 4 aromatic rings. The van der Waals surface area contributed by atoms with Crippen molar-refractivity contribution in [2.75, 3.05) is 11.9 Å². The lowest BCUT2D eigenvalue weighted by Crippen LogP contribution is -2.44. The third kappa shape index (κ3) is 6.14. The molecule has 4 rings (SSSR count). The Morgan fingerprint density at radius 1 is 1.14 bits per heavy atom. The van der Waals surface area contributed by atoms with Crippen LogP contribution in [0.1, 0.15) is 26.3 Å². The van der Waals surface area contributed by atoms with Gasteiger partial charge in [0.1, 0.15) is 22.6 Å². The Morgan fingerprint density at radius 2 is 1.91 bits per heavy atom. The number of carbonyl (C=O) groups is 1. The zero-order valence-corrected chi connectivity index (χ0v) is 20.5. The van der Waals surface area contributed by atoms with E-state index in [1.807, 2.05) is 37.4 Å². The molecule has 35 heavy (non-hydrogen) atoms. The maximum Gasteiger partial charge on any atom is 0.330 e. The van der Waals surface area contributed by atoms with Crippen LogP contribution in [0.3, 0.4) is 0 Å². The van der Waals surface area contributed by atoms with Gasteiger partial charge >= 0.3 is 5.97 Å². The third-order valence-electron chi connectivity index (χ3n) is 4.92. The molecule has 0 saturated carbocycles. The summed E-state index contributed by atoms with van der Waals surface area (Å²) >= 11 is 5.22. The van der Waals surface area contributed by atoms with E-state index >= 15 is 0 Å². The minimum Gasteiger partial charge on any atom is -0.425 e. The highest BCUT2D eigenvalue weighted by atomic mass is 32.1. The molecule has 0 radical (unpaired) electrons. The SMILES string of the molecule is CCNC(=S)Nc1ccc2ncc(-c3cnn(Cc4ccc(OC(=O)C(C)(C)N)cc4)c3)nc2n1. The molecule has 0 fully saturated rings. The quantitative estimate of drug-likeness (QED) is 0.202. The fourth-order valence-corrected chi connectivity index (χ4v) is 3.35. The lowest BCUT2D eigenvalue weighted by atomic mass is 10.1. The second-order valence-corrected chi connectivity index (χ2v) is 8.87. The standard InChI is InChI=1S/C24H26N8O2S/c1-4-26-23(35)31-20-10-9-18-21(30-20)29-19(12-27-18)16-11-28-32(14-16)13-15-5-7-17(8-6-15)34-22(33)24(2,3)25/h5-12,14H,4,13,25H2,1-3H3,(H2,26,29,30,31,35). The first-order valence-electron chi connectivity index (χ1n) is 11.0. The molecule has 0 amide bonds. The van der Waals surface area contributed by atoms with Crippen molar-refractivity contribution < 1.29 is 9.53 Å². The van der Waals surface area contributed by atoms with E-state index in [9.17, 15) is 4.79 Å². The van der Waals surface area contributed by atoms with E-state index in [2.05, 4.69) is 30.7 Å². The van der Waals surface area contributed by atoms with E-state index in [0.29, 0.717) is 40.1 Å². The van der Waals surface area contributed by atoms with E-state index in [1.54, 1.807) is 43.1 Å². The highest BCUT2D eigenvalue weighted by molar-refractivity contribution is 7.80. The average molecular weight is 491 g/mol. The van der Waals surface area contributed by atoms with Crippen LogP contribution in [0.2, 0.25) is 0 Å². The number of hydrogen-bond acceptors (Lipinski definition) is 8. The number of rotatable bonds is 7. The predicted molar refractivity (Wildman–Crippen MR) is 138 cm³/mol. The van der Waals surface area contributed by atoms with Crippen LogP contribution in [0.4, 0.5) is 5.82 Å². The van der Waals surface area contributed by atoms with Crippen LogP contribution in [0, 0.1) is 0 Å². The summed E-state index contributed by atoms with van der Waals surface area (Å²) in [4.78, 5) is 25.6. The normalized spacial score (nSPS) is 11.3. The Labute approximate surface area is 207 Å². The molecule has 3 aromatic heterocycles. The number of benzene rings is 1. The number of anilines is 1. The van der Waals surface area contributed by atoms with Gasteiger partial charge in [0.25, 0.3) is 0 Å². The van der Waals surface area contributed by atoms with E-state index in [4.69, 9.17) is 22.7 Å². The number of thiocarbonyl (C=S) groups is 1. The minimum absolute atomic E-state index is 0.442. The molecule has 0 aliphatic heterocycles. The molecule has 180 valence electrons. The van der Waals surface area contributed by atoms with Gasteiger partial charge in [-0.25, -0.2) is 14.8 Å². The van der Waals surface area contributed by atoms with Crippen molar-refractivity contribution in [3.05, 3.63) is 60.6 Å². The summed E-state index contributed by atoms with van der Waals surface area (Å²) in [7, 11) is 0. The molecule has 0 bridgehead atoms. The molecule has 0 spiro atoms. The van der Waals surface area contributed by atoms with Crippen molar-refractivity contribution >= 4 is 40.3 Å². The van der Waals surface area contributed by atoms with Gasteiger partial charge in [-0.15, -0.1) is 0 Å². The Morgan fingerprint density at radius 3 is 2.63 bits per heavy atom. The van der Waals surface area contributed by atoms with E-state index in [1.165, 1.54) is 0 Å². The maximum atomic E-state index is 11.9. The largest absolute Gasteiger partial charge is 0.425 e. The highest BCUT2D eigenvalue weighted by Gasteiger charge is 2.24. The van der Waals surface area contributed by atoms with Crippen molar-refractivity contribution in [3.63, 3.8) is 0 Å². The van der Waals surface area contributed by atoms with Crippen LogP contribution in [0.5, 0.6) is 5.75 Å². The van der Waals surface area contributed by atoms with E-state index in [-0.39, 0.29) is 0 Å². The molecule has 3 heterocycles. The van der Waals surface area contributed by atoms with Gasteiger partial charge in [-0.3, -0.25) is 9.67 Å². The number of aromatic nitrogens is 5. The van der Waals surface area contributed by atoms with Gasteiger partial charge in [-0.05, 0) is 62.8 Å². The number of nitrogens with zero attached hydrogens (tertiary/aromatic N) is 5. The molecule has 0 saturated heterocycles. The van der Waals surface area contributed by atoms with Crippen LogP contribution in [-0.4, -0.2) is 47.9 Å². The fourth-order valence-electron chi connectivity index (χ4n) is 3.10. The number of nitrogens with one attached hydrogen (secondary N) is 2. The number of hydrogen-bond donors (Lipinski definition) is 3. The smallest absolute Gasteiger partial charge is 0.330 e. The van der Waals surface area contributed by atoms with Crippen LogP contribution < -0.4 is 21.1 Å². The van der Waals surface area contributed by atoms with Crippen molar-refractivity contribution in [2.24, 2.45) is 5.73 Å². The van der Waals surface area contributed by atoms with Gasteiger partial charge in [0.15, 0.2) is 10.8 Å². The minimum atomic E-state index is -1.05. The highest BCUT2D eigenvalue weighted by Crippen LogP contribution is 2.20.